The van der Waals surface area contributed by atoms with E-state index in [0.717, 1.165) is 48.2 Å². The van der Waals surface area contributed by atoms with Crippen molar-refractivity contribution in [2.45, 2.75) is 45.6 Å². The van der Waals surface area contributed by atoms with Crippen molar-refractivity contribution in [3.05, 3.63) is 113 Å². The van der Waals surface area contributed by atoms with Gasteiger partial charge in [0.1, 0.15) is 5.82 Å². The number of esters is 1. The number of aryl methyl sites for hydroxylation is 1. The van der Waals surface area contributed by atoms with E-state index in [9.17, 15) is 9.18 Å². The predicted molar refractivity (Wildman–Crippen MR) is 146 cm³/mol. The number of rotatable bonds is 11. The summed E-state index contributed by atoms with van der Waals surface area (Å²) in [7, 11) is 1.25. The van der Waals surface area contributed by atoms with Crippen LogP contribution >= 0.6 is 0 Å². The molecule has 36 heavy (non-hydrogen) atoms. The zero-order chi connectivity index (χ0) is 25.8. The van der Waals surface area contributed by atoms with E-state index in [0.29, 0.717) is 6.54 Å². The molecule has 0 saturated heterocycles. The fraction of sp³-hybridized carbons (Fsp3) is 0.281. The zero-order valence-corrected chi connectivity index (χ0v) is 21.2. The Morgan fingerprint density at radius 1 is 0.972 bits per heavy atom. The van der Waals surface area contributed by atoms with E-state index in [2.05, 4.69) is 66.6 Å². The number of hydrogen-bond donors (Lipinski definition) is 0. The van der Waals surface area contributed by atoms with Crippen LogP contribution in [0.3, 0.4) is 0 Å². The third-order valence-electron chi connectivity index (χ3n) is 6.01. The first-order valence-corrected chi connectivity index (χ1v) is 12.5. The molecule has 0 bridgehead atoms. The van der Waals surface area contributed by atoms with Gasteiger partial charge in [-0.1, -0.05) is 55.5 Å². The minimum Gasteiger partial charge on any atom is -0.465 e. The molecule has 0 radical (unpaired) electrons. The molecule has 0 fully saturated rings. The molecule has 0 aliphatic heterocycles. The van der Waals surface area contributed by atoms with E-state index in [1.54, 1.807) is 12.1 Å². The van der Waals surface area contributed by atoms with Gasteiger partial charge in [0.25, 0.3) is 0 Å². The van der Waals surface area contributed by atoms with Crippen molar-refractivity contribution in [2.24, 2.45) is 0 Å². The van der Waals surface area contributed by atoms with Crippen LogP contribution in [-0.2, 0) is 17.7 Å². The van der Waals surface area contributed by atoms with Gasteiger partial charge in [0.05, 0.1) is 12.7 Å². The van der Waals surface area contributed by atoms with Gasteiger partial charge >= 0.3 is 5.97 Å². The molecule has 3 aromatic carbocycles. The zero-order valence-electron chi connectivity index (χ0n) is 21.2. The Hall–Kier alpha value is -3.84. The van der Waals surface area contributed by atoms with Crippen LogP contribution in [0.2, 0.25) is 0 Å². The number of halogens is 1. The molecule has 0 aromatic heterocycles. The smallest absolute Gasteiger partial charge is 0.340 e. The van der Waals surface area contributed by atoms with E-state index >= 15 is 0 Å². The summed E-state index contributed by atoms with van der Waals surface area (Å²) in [6.45, 7) is 7.37. The second-order valence-corrected chi connectivity index (χ2v) is 8.76. The van der Waals surface area contributed by atoms with Gasteiger partial charge < -0.3 is 9.64 Å². The summed E-state index contributed by atoms with van der Waals surface area (Å²) in [5, 5.41) is 0. The predicted octanol–water partition coefficient (Wildman–Crippen LogP) is 7.33. The van der Waals surface area contributed by atoms with Crippen molar-refractivity contribution >= 4 is 11.7 Å². The van der Waals surface area contributed by atoms with Crippen molar-refractivity contribution < 1.29 is 13.9 Å². The highest BCUT2D eigenvalue weighted by Gasteiger charge is 2.16. The van der Waals surface area contributed by atoms with Crippen LogP contribution in [0.4, 0.5) is 10.1 Å². The van der Waals surface area contributed by atoms with Crippen LogP contribution in [0, 0.1) is 17.7 Å². The Kier molecular flexibility index (Phi) is 10.3. The summed E-state index contributed by atoms with van der Waals surface area (Å²) < 4.78 is 18.9. The first kappa shape index (κ1) is 26.8. The lowest BCUT2D eigenvalue weighted by Gasteiger charge is -2.25. The van der Waals surface area contributed by atoms with Crippen LogP contribution in [-0.4, -0.2) is 19.6 Å². The summed E-state index contributed by atoms with van der Waals surface area (Å²) in [6, 6.07) is 21.2. The van der Waals surface area contributed by atoms with Crippen LogP contribution < -0.4 is 4.90 Å². The van der Waals surface area contributed by atoms with Gasteiger partial charge in [0, 0.05) is 29.9 Å². The number of allylic oxidation sites excluding steroid dienone is 1. The minimum atomic E-state index is -0.682. The van der Waals surface area contributed by atoms with Crippen molar-refractivity contribution in [2.75, 3.05) is 18.6 Å². The second kappa shape index (κ2) is 13.9. The van der Waals surface area contributed by atoms with E-state index in [1.165, 1.54) is 31.6 Å². The molecule has 4 heteroatoms. The number of methoxy groups -OCH3 is 1. The molecule has 0 amide bonds. The van der Waals surface area contributed by atoms with Crippen molar-refractivity contribution in [3.8, 4) is 11.8 Å². The fourth-order valence-corrected chi connectivity index (χ4v) is 3.90. The Morgan fingerprint density at radius 3 is 2.19 bits per heavy atom. The quantitative estimate of drug-likeness (QED) is 0.124. The average molecular weight is 484 g/mol. The van der Waals surface area contributed by atoms with Gasteiger partial charge in [-0.05, 0) is 79.3 Å². The number of nitrogens with zero attached hydrogens (tertiary/aromatic N) is 1. The topological polar surface area (TPSA) is 29.5 Å². The number of unbranched alkanes of at least 4 members (excludes halogenated alkanes) is 2. The van der Waals surface area contributed by atoms with Gasteiger partial charge in [-0.2, -0.15) is 0 Å². The van der Waals surface area contributed by atoms with Gasteiger partial charge in [-0.3, -0.25) is 0 Å². The van der Waals surface area contributed by atoms with Crippen LogP contribution in [0.15, 0.2) is 79.4 Å². The molecular weight excluding hydrogens is 449 g/mol. The monoisotopic (exact) mass is 483 g/mol. The van der Waals surface area contributed by atoms with E-state index < -0.39 is 11.8 Å². The lowest BCUT2D eigenvalue weighted by Crippen LogP contribution is -2.24. The normalized spacial score (nSPS) is 10.3. The first-order chi connectivity index (χ1) is 17.5. The third kappa shape index (κ3) is 7.85. The average Bonchev–Trinajstić information content (AvgIpc) is 2.91. The highest BCUT2D eigenvalue weighted by molar-refractivity contribution is 5.90. The van der Waals surface area contributed by atoms with Crippen LogP contribution in [0.25, 0.3) is 0 Å². The maximum absolute atomic E-state index is 14.2. The van der Waals surface area contributed by atoms with Crippen molar-refractivity contribution in [3.63, 3.8) is 0 Å². The Labute approximate surface area is 214 Å². The molecule has 0 heterocycles. The third-order valence-corrected chi connectivity index (χ3v) is 6.01. The number of ether oxygens (including phenoxy) is 1. The molecule has 3 aromatic rings. The van der Waals surface area contributed by atoms with E-state index in [-0.39, 0.29) is 5.56 Å². The maximum atomic E-state index is 14.2. The van der Waals surface area contributed by atoms with Crippen LogP contribution in [0.5, 0.6) is 0 Å². The molecule has 0 saturated carbocycles. The standard InChI is InChI=1S/C32H34FNO2/c1-4-6-8-22-34(29-20-21-31(33)30(23-29)32(35)36-3)24-28-18-16-27(17-19-28)15-14-26-12-10-25(11-13-26)9-7-5-2/h4,10-13,16-21,23H,1,5-9,22,24H2,2-3H3. The van der Waals surface area contributed by atoms with E-state index in [1.807, 2.05) is 18.2 Å². The van der Waals surface area contributed by atoms with Gasteiger partial charge in [0.15, 0.2) is 0 Å². The lowest BCUT2D eigenvalue weighted by atomic mass is 10.1. The van der Waals surface area contributed by atoms with E-state index in [4.69, 9.17) is 4.74 Å². The maximum Gasteiger partial charge on any atom is 0.340 e. The summed E-state index contributed by atoms with van der Waals surface area (Å²) >= 11 is 0. The summed E-state index contributed by atoms with van der Waals surface area (Å²) in [4.78, 5) is 14.1. The summed E-state index contributed by atoms with van der Waals surface area (Å²) in [6.07, 6.45) is 7.16. The lowest BCUT2D eigenvalue weighted by molar-refractivity contribution is 0.0595. The molecule has 3 rings (SSSR count). The SMILES string of the molecule is C=CCCCN(Cc1ccc(C#Cc2ccc(CCCC)cc2)cc1)c1ccc(F)c(C(=O)OC)c1. The summed E-state index contributed by atoms with van der Waals surface area (Å²) in [5.74, 6) is 5.22. The first-order valence-electron chi connectivity index (χ1n) is 12.5. The number of carbonyl (C=O) groups excluding carboxylic acids is 1. The minimum absolute atomic E-state index is 0.0623. The molecule has 0 unspecified atom stereocenters. The van der Waals surface area contributed by atoms with Gasteiger partial charge in [-0.15, -0.1) is 6.58 Å². The van der Waals surface area contributed by atoms with Gasteiger partial charge in [0.2, 0.25) is 0 Å². The van der Waals surface area contributed by atoms with Crippen LogP contribution in [0.1, 0.15) is 65.2 Å². The number of carbonyl (C=O) groups is 1. The molecule has 186 valence electrons. The second-order valence-electron chi connectivity index (χ2n) is 8.76. The Bertz CT molecular complexity index is 1200. The molecule has 3 nitrogen and oxygen atoms in total. The number of anilines is 1. The molecule has 0 aliphatic carbocycles. The number of hydrogen-bond acceptors (Lipinski definition) is 3. The fourth-order valence-electron chi connectivity index (χ4n) is 3.90. The Balaban J connectivity index is 1.73. The molecule has 0 spiro atoms. The largest absolute Gasteiger partial charge is 0.465 e. The summed E-state index contributed by atoms with van der Waals surface area (Å²) in [5.41, 5.74) is 5.11. The molecule has 0 atom stereocenters. The molecule has 0 N–H and O–H groups in total. The molecular formula is C32H34FNO2. The Morgan fingerprint density at radius 2 is 1.61 bits per heavy atom. The highest BCUT2D eigenvalue weighted by atomic mass is 19.1. The van der Waals surface area contributed by atoms with Crippen molar-refractivity contribution in [1.29, 1.82) is 0 Å². The highest BCUT2D eigenvalue weighted by Crippen LogP contribution is 2.23. The van der Waals surface area contributed by atoms with Crippen molar-refractivity contribution in [1.82, 2.24) is 0 Å². The number of benzene rings is 3. The molecule has 0 aliphatic rings. The van der Waals surface area contributed by atoms with Gasteiger partial charge in [-0.25, -0.2) is 9.18 Å².